The van der Waals surface area contributed by atoms with Crippen LogP contribution in [0.25, 0.3) is 0 Å². The van der Waals surface area contributed by atoms with E-state index in [0.717, 1.165) is 17.9 Å². The zero-order chi connectivity index (χ0) is 13.7. The summed E-state index contributed by atoms with van der Waals surface area (Å²) in [5.41, 5.74) is 1.45. The van der Waals surface area contributed by atoms with Gasteiger partial charge in [-0.05, 0) is 48.9 Å². The Hall–Kier alpha value is -1.87. The van der Waals surface area contributed by atoms with Crippen molar-refractivity contribution in [3.8, 4) is 5.75 Å². The molecular weight excluding hydrogens is 262 g/mol. The summed E-state index contributed by atoms with van der Waals surface area (Å²) in [5, 5.41) is 0.184. The molecule has 3 nitrogen and oxygen atoms in total. The van der Waals surface area contributed by atoms with Gasteiger partial charge in [0.05, 0.1) is 23.0 Å². The van der Waals surface area contributed by atoms with E-state index >= 15 is 0 Å². The Kier molecular flexibility index (Phi) is 4.53. The first kappa shape index (κ1) is 13.6. The fraction of sp³-hybridized carbons (Fsp3) is 0.200. The molecule has 0 atom stereocenters. The molecular formula is C15H14ClNO2. The Morgan fingerprint density at radius 1 is 1.21 bits per heavy atom. The molecule has 1 aromatic rings. The van der Waals surface area contributed by atoms with E-state index in [1.54, 1.807) is 12.2 Å². The van der Waals surface area contributed by atoms with Gasteiger partial charge in [-0.15, -0.1) is 0 Å². The van der Waals surface area contributed by atoms with Gasteiger partial charge >= 0.3 is 0 Å². The van der Waals surface area contributed by atoms with Crippen molar-refractivity contribution >= 4 is 28.8 Å². The highest BCUT2D eigenvalue weighted by Gasteiger charge is 2.09. The lowest BCUT2D eigenvalue weighted by Gasteiger charge is -2.05. The van der Waals surface area contributed by atoms with Gasteiger partial charge in [-0.25, -0.2) is 4.99 Å². The van der Waals surface area contributed by atoms with Crippen LogP contribution in [0.4, 0.5) is 5.69 Å². The molecule has 1 aromatic carbocycles. The SMILES string of the molecule is CCCOc1ccc(N=C2C=CC(=O)C(Cl)=C2)cc1. The van der Waals surface area contributed by atoms with Crippen LogP contribution in [-0.4, -0.2) is 18.1 Å². The third kappa shape index (κ3) is 3.80. The van der Waals surface area contributed by atoms with Gasteiger partial charge in [0.2, 0.25) is 0 Å². The second-order valence-corrected chi connectivity index (χ2v) is 4.48. The van der Waals surface area contributed by atoms with Crippen LogP contribution in [0.1, 0.15) is 13.3 Å². The van der Waals surface area contributed by atoms with Crippen molar-refractivity contribution in [2.75, 3.05) is 6.61 Å². The van der Waals surface area contributed by atoms with Crippen LogP contribution < -0.4 is 4.74 Å². The smallest absolute Gasteiger partial charge is 0.197 e. The summed E-state index contributed by atoms with van der Waals surface area (Å²) < 4.78 is 5.49. The number of nitrogens with zero attached hydrogens (tertiary/aromatic N) is 1. The molecule has 19 heavy (non-hydrogen) atoms. The molecule has 1 aliphatic rings. The van der Waals surface area contributed by atoms with E-state index in [1.165, 1.54) is 6.08 Å². The van der Waals surface area contributed by atoms with Crippen molar-refractivity contribution in [2.45, 2.75) is 13.3 Å². The van der Waals surface area contributed by atoms with E-state index in [0.29, 0.717) is 12.3 Å². The highest BCUT2D eigenvalue weighted by molar-refractivity contribution is 6.47. The van der Waals surface area contributed by atoms with E-state index in [9.17, 15) is 4.79 Å². The molecule has 0 aromatic heterocycles. The van der Waals surface area contributed by atoms with Gasteiger partial charge < -0.3 is 4.74 Å². The summed E-state index contributed by atoms with van der Waals surface area (Å²) in [6.45, 7) is 2.77. The Bertz CT molecular complexity index is 556. The number of carbonyl (C=O) groups excluding carboxylic acids is 1. The third-order valence-electron chi connectivity index (χ3n) is 2.48. The van der Waals surface area contributed by atoms with Crippen molar-refractivity contribution in [1.82, 2.24) is 0 Å². The second-order valence-electron chi connectivity index (χ2n) is 4.07. The number of aliphatic imine (C=N–C) groups is 1. The number of allylic oxidation sites excluding steroid dienone is 4. The van der Waals surface area contributed by atoms with Gasteiger partial charge in [-0.1, -0.05) is 18.5 Å². The number of rotatable bonds is 4. The zero-order valence-corrected chi connectivity index (χ0v) is 11.4. The first-order valence-electron chi connectivity index (χ1n) is 6.10. The van der Waals surface area contributed by atoms with E-state index in [4.69, 9.17) is 16.3 Å². The van der Waals surface area contributed by atoms with Crippen LogP contribution in [0.2, 0.25) is 0 Å². The van der Waals surface area contributed by atoms with E-state index in [1.807, 2.05) is 24.3 Å². The molecule has 0 bridgehead atoms. The molecule has 4 heteroatoms. The molecule has 0 N–H and O–H groups in total. The number of ether oxygens (including phenoxy) is 1. The second kappa shape index (κ2) is 6.34. The Morgan fingerprint density at radius 2 is 1.95 bits per heavy atom. The molecule has 0 saturated heterocycles. The lowest BCUT2D eigenvalue weighted by molar-refractivity contribution is -0.110. The van der Waals surface area contributed by atoms with Crippen molar-refractivity contribution in [3.05, 3.63) is 47.5 Å². The molecule has 0 radical (unpaired) electrons. The minimum Gasteiger partial charge on any atom is -0.494 e. The highest BCUT2D eigenvalue weighted by Crippen LogP contribution is 2.20. The van der Waals surface area contributed by atoms with Crippen LogP contribution in [0.15, 0.2) is 52.5 Å². The molecule has 98 valence electrons. The predicted octanol–water partition coefficient (Wildman–Crippen LogP) is 3.81. The molecule has 0 spiro atoms. The zero-order valence-electron chi connectivity index (χ0n) is 10.6. The van der Waals surface area contributed by atoms with Gasteiger partial charge in [0.15, 0.2) is 5.78 Å². The number of ketones is 1. The Balaban J connectivity index is 2.11. The molecule has 0 unspecified atom stereocenters. The lowest BCUT2D eigenvalue weighted by Crippen LogP contribution is -2.03. The van der Waals surface area contributed by atoms with Gasteiger partial charge in [-0.2, -0.15) is 0 Å². The fourth-order valence-corrected chi connectivity index (χ4v) is 1.72. The van der Waals surface area contributed by atoms with Gasteiger partial charge in [0.1, 0.15) is 5.75 Å². The maximum Gasteiger partial charge on any atom is 0.197 e. The minimum absolute atomic E-state index is 0.184. The van der Waals surface area contributed by atoms with Crippen LogP contribution in [0.3, 0.4) is 0 Å². The molecule has 0 heterocycles. The number of carbonyl (C=O) groups is 1. The highest BCUT2D eigenvalue weighted by atomic mass is 35.5. The van der Waals surface area contributed by atoms with Crippen LogP contribution in [0, 0.1) is 0 Å². The maximum absolute atomic E-state index is 11.2. The summed E-state index contributed by atoms with van der Waals surface area (Å²) >= 11 is 5.77. The van der Waals surface area contributed by atoms with Crippen molar-refractivity contribution in [3.63, 3.8) is 0 Å². The van der Waals surface area contributed by atoms with Crippen LogP contribution >= 0.6 is 11.6 Å². The molecule has 0 saturated carbocycles. The molecule has 0 aliphatic heterocycles. The third-order valence-corrected chi connectivity index (χ3v) is 2.78. The normalized spacial score (nSPS) is 16.6. The maximum atomic E-state index is 11.2. The fourth-order valence-electron chi connectivity index (χ4n) is 1.55. The summed E-state index contributed by atoms with van der Waals surface area (Å²) in [6.07, 6.45) is 5.60. The number of hydrogen-bond donors (Lipinski definition) is 0. The standard InChI is InChI=1S/C15H14ClNO2/c1-2-9-19-13-6-3-11(4-7-13)17-12-5-8-15(18)14(16)10-12/h3-8,10H,2,9H2,1H3. The van der Waals surface area contributed by atoms with Gasteiger partial charge in [0.25, 0.3) is 0 Å². The van der Waals surface area contributed by atoms with Gasteiger partial charge in [0, 0.05) is 0 Å². The van der Waals surface area contributed by atoms with Crippen molar-refractivity contribution < 1.29 is 9.53 Å². The van der Waals surface area contributed by atoms with E-state index < -0.39 is 0 Å². The molecule has 1 aliphatic carbocycles. The molecule has 2 rings (SSSR count). The van der Waals surface area contributed by atoms with Crippen LogP contribution in [-0.2, 0) is 4.79 Å². The van der Waals surface area contributed by atoms with Gasteiger partial charge in [-0.3, -0.25) is 4.79 Å². The number of halogens is 1. The van der Waals surface area contributed by atoms with E-state index in [2.05, 4.69) is 11.9 Å². The summed E-state index contributed by atoms with van der Waals surface area (Å²) in [6, 6.07) is 7.48. The Morgan fingerprint density at radius 3 is 2.58 bits per heavy atom. The first-order valence-corrected chi connectivity index (χ1v) is 6.48. The largest absolute Gasteiger partial charge is 0.494 e. The first-order chi connectivity index (χ1) is 9.19. The van der Waals surface area contributed by atoms with E-state index in [-0.39, 0.29) is 10.8 Å². The quantitative estimate of drug-likeness (QED) is 0.784. The predicted molar refractivity (Wildman–Crippen MR) is 77.4 cm³/mol. The summed E-state index contributed by atoms with van der Waals surface area (Å²) in [7, 11) is 0. The number of benzene rings is 1. The van der Waals surface area contributed by atoms with Crippen molar-refractivity contribution in [1.29, 1.82) is 0 Å². The molecule has 0 amide bonds. The molecule has 0 fully saturated rings. The summed E-state index contributed by atoms with van der Waals surface area (Å²) in [4.78, 5) is 15.6. The van der Waals surface area contributed by atoms with Crippen LogP contribution in [0.5, 0.6) is 5.75 Å². The average molecular weight is 276 g/mol. The topological polar surface area (TPSA) is 38.7 Å². The monoisotopic (exact) mass is 275 g/mol. The van der Waals surface area contributed by atoms with Crippen molar-refractivity contribution in [2.24, 2.45) is 4.99 Å². The lowest BCUT2D eigenvalue weighted by atomic mass is 10.1. The Labute approximate surface area is 117 Å². The number of hydrogen-bond acceptors (Lipinski definition) is 3. The average Bonchev–Trinajstić information content (AvgIpc) is 2.42. The summed E-state index contributed by atoms with van der Waals surface area (Å²) in [5.74, 6) is 0.637. The minimum atomic E-state index is -0.191.